The minimum absolute atomic E-state index is 0.0549. The quantitative estimate of drug-likeness (QED) is 0.356. The molecule has 6 nitrogen and oxygen atoms in total. The summed E-state index contributed by atoms with van der Waals surface area (Å²) < 4.78 is 42.5. The molecule has 1 atom stereocenters. The summed E-state index contributed by atoms with van der Waals surface area (Å²) in [4.78, 5) is 28.0. The number of likely N-dealkylation sites (tertiary alicyclic amines) is 1. The molecule has 1 aliphatic heterocycles. The van der Waals surface area contributed by atoms with Crippen LogP contribution in [0.1, 0.15) is 45.1 Å². The predicted octanol–water partition coefficient (Wildman–Crippen LogP) is 5.54. The number of nitrogens with zero attached hydrogens (tertiary/aromatic N) is 3. The van der Waals surface area contributed by atoms with Gasteiger partial charge in [0, 0.05) is 35.6 Å². The maximum absolute atomic E-state index is 13.5. The van der Waals surface area contributed by atoms with E-state index in [1.807, 2.05) is 43.3 Å². The van der Waals surface area contributed by atoms with Gasteiger partial charge in [-0.2, -0.15) is 13.2 Å². The first kappa shape index (κ1) is 28.2. The second kappa shape index (κ2) is 11.9. The Morgan fingerprint density at radius 2 is 1.97 bits per heavy atom. The van der Waals surface area contributed by atoms with E-state index in [0.29, 0.717) is 42.2 Å². The lowest BCUT2D eigenvalue weighted by Gasteiger charge is -2.33. The van der Waals surface area contributed by atoms with Crippen molar-refractivity contribution < 1.29 is 18.0 Å². The second-order valence-electron chi connectivity index (χ2n) is 10.4. The number of alkyl halides is 3. The van der Waals surface area contributed by atoms with Crippen LogP contribution >= 0.6 is 11.6 Å². The molecule has 10 heteroatoms. The van der Waals surface area contributed by atoms with Crippen LogP contribution in [-0.4, -0.2) is 51.6 Å². The Labute approximate surface area is 225 Å². The molecule has 38 heavy (non-hydrogen) atoms. The largest absolute Gasteiger partial charge is 0.393 e. The van der Waals surface area contributed by atoms with E-state index in [0.717, 1.165) is 24.0 Å². The summed E-state index contributed by atoms with van der Waals surface area (Å²) >= 11 is 6.21. The highest BCUT2D eigenvalue weighted by Crippen LogP contribution is 2.33. The van der Waals surface area contributed by atoms with Gasteiger partial charge in [-0.05, 0) is 82.8 Å². The molecule has 3 heterocycles. The number of benzene rings is 1. The number of fused-ring (bicyclic) bond motifs is 1. The zero-order valence-electron chi connectivity index (χ0n) is 21.7. The Hall–Kier alpha value is -2.78. The molecule has 0 saturated carbocycles. The van der Waals surface area contributed by atoms with Gasteiger partial charge < -0.3 is 14.6 Å². The number of aromatic nitrogens is 2. The van der Waals surface area contributed by atoms with E-state index in [-0.39, 0.29) is 37.0 Å². The zero-order chi connectivity index (χ0) is 27.4. The van der Waals surface area contributed by atoms with Crippen LogP contribution in [0.2, 0.25) is 5.02 Å². The molecule has 0 unspecified atom stereocenters. The summed E-state index contributed by atoms with van der Waals surface area (Å²) in [5.41, 5.74) is 2.46. The molecule has 1 saturated heterocycles. The van der Waals surface area contributed by atoms with Crippen LogP contribution in [0.15, 0.2) is 47.5 Å². The molecule has 1 aliphatic rings. The second-order valence-corrected chi connectivity index (χ2v) is 10.9. The van der Waals surface area contributed by atoms with E-state index < -0.39 is 12.1 Å². The van der Waals surface area contributed by atoms with E-state index in [2.05, 4.69) is 5.32 Å². The number of aryl methyl sites for hydroxylation is 1. The van der Waals surface area contributed by atoms with Gasteiger partial charge in [-0.25, -0.2) is 0 Å². The number of nitrogens with one attached hydrogen (secondary N) is 1. The van der Waals surface area contributed by atoms with Crippen molar-refractivity contribution in [2.24, 2.45) is 5.92 Å². The average molecular weight is 551 g/mol. The highest BCUT2D eigenvalue weighted by Gasteiger charge is 2.41. The van der Waals surface area contributed by atoms with Gasteiger partial charge in [-0.3, -0.25) is 14.2 Å². The highest BCUT2D eigenvalue weighted by molar-refractivity contribution is 6.30. The minimum Gasteiger partial charge on any atom is -0.352 e. The number of rotatable bonds is 9. The topological polar surface area (TPSA) is 58.8 Å². The molecular formula is C28H34ClF3N4O2. The molecular weight excluding hydrogens is 517 g/mol. The third kappa shape index (κ3) is 6.99. The van der Waals surface area contributed by atoms with Crippen molar-refractivity contribution in [3.8, 4) is 11.3 Å². The molecule has 4 rings (SSSR count). The average Bonchev–Trinajstić information content (AvgIpc) is 3.26. The van der Waals surface area contributed by atoms with Gasteiger partial charge in [-0.15, -0.1) is 0 Å². The fraction of sp³-hybridized carbons (Fsp3) is 0.500. The molecule has 0 radical (unpaired) electrons. The molecule has 1 N–H and O–H groups in total. The standard InChI is InChI=1S/C28H34ClF3N4O2/c1-19(2)33-26(37)18-36-25(21-8-5-10-23(29)14-21)17-35-15-20(13-24(35)27(36)38)7-3-4-11-34-12-6-9-22(16-34)28(30,31)32/h5,8,10,13-15,17,19,22H,3-4,6-7,9,11-12,16,18H2,1-2H3,(H,33,37)/t22-/m1/s1. The Kier molecular flexibility index (Phi) is 8.88. The zero-order valence-corrected chi connectivity index (χ0v) is 22.5. The van der Waals surface area contributed by atoms with Gasteiger partial charge in [0.2, 0.25) is 5.91 Å². The SMILES string of the molecule is CC(C)NC(=O)Cn1c(-c2cccc(Cl)c2)cn2cc(CCCCN3CCC[C@@H](C(F)(F)F)C3)cc2c1=O. The number of unbranched alkanes of at least 4 members (excludes halogenated alkanes) is 1. The van der Waals surface area contributed by atoms with Gasteiger partial charge in [-0.1, -0.05) is 23.7 Å². The lowest BCUT2D eigenvalue weighted by atomic mass is 9.97. The maximum Gasteiger partial charge on any atom is 0.393 e. The van der Waals surface area contributed by atoms with Crippen LogP contribution in [0.25, 0.3) is 16.8 Å². The van der Waals surface area contributed by atoms with Gasteiger partial charge >= 0.3 is 6.18 Å². The van der Waals surface area contributed by atoms with Crippen molar-refractivity contribution in [1.82, 2.24) is 19.2 Å². The van der Waals surface area contributed by atoms with Crippen molar-refractivity contribution in [2.75, 3.05) is 19.6 Å². The fourth-order valence-corrected chi connectivity index (χ4v) is 5.33. The van der Waals surface area contributed by atoms with Crippen molar-refractivity contribution in [2.45, 2.75) is 64.7 Å². The summed E-state index contributed by atoms with van der Waals surface area (Å²) in [6.07, 6.45) is 2.69. The Balaban J connectivity index is 1.50. The van der Waals surface area contributed by atoms with Crippen molar-refractivity contribution in [1.29, 1.82) is 0 Å². The van der Waals surface area contributed by atoms with Crippen molar-refractivity contribution in [3.63, 3.8) is 0 Å². The summed E-state index contributed by atoms with van der Waals surface area (Å²) in [6, 6.07) is 8.93. The van der Waals surface area contributed by atoms with Crippen LogP contribution in [0.4, 0.5) is 13.2 Å². The predicted molar refractivity (Wildman–Crippen MR) is 144 cm³/mol. The summed E-state index contributed by atoms with van der Waals surface area (Å²) in [7, 11) is 0. The van der Waals surface area contributed by atoms with Gasteiger partial charge in [0.25, 0.3) is 5.56 Å². The molecule has 0 bridgehead atoms. The molecule has 0 spiro atoms. The molecule has 1 fully saturated rings. The van der Waals surface area contributed by atoms with Gasteiger partial charge in [0.05, 0.1) is 11.6 Å². The molecule has 1 aromatic carbocycles. The Morgan fingerprint density at radius 3 is 2.68 bits per heavy atom. The van der Waals surface area contributed by atoms with E-state index in [9.17, 15) is 22.8 Å². The highest BCUT2D eigenvalue weighted by atomic mass is 35.5. The van der Waals surface area contributed by atoms with Crippen LogP contribution in [-0.2, 0) is 17.8 Å². The van der Waals surface area contributed by atoms with E-state index in [1.165, 1.54) is 4.57 Å². The lowest BCUT2D eigenvalue weighted by molar-refractivity contribution is -0.186. The summed E-state index contributed by atoms with van der Waals surface area (Å²) in [5, 5.41) is 3.36. The number of piperidine rings is 1. The summed E-state index contributed by atoms with van der Waals surface area (Å²) in [6.45, 7) is 5.03. The van der Waals surface area contributed by atoms with Crippen LogP contribution in [0.5, 0.6) is 0 Å². The maximum atomic E-state index is 13.5. The number of amides is 1. The van der Waals surface area contributed by atoms with E-state index in [1.54, 1.807) is 22.6 Å². The van der Waals surface area contributed by atoms with Crippen LogP contribution < -0.4 is 10.9 Å². The van der Waals surface area contributed by atoms with Crippen molar-refractivity contribution >= 4 is 23.0 Å². The number of hydrogen-bond acceptors (Lipinski definition) is 3. The van der Waals surface area contributed by atoms with E-state index >= 15 is 0 Å². The molecule has 3 aromatic rings. The number of carbonyl (C=O) groups excluding carboxylic acids is 1. The van der Waals surface area contributed by atoms with Crippen LogP contribution in [0.3, 0.4) is 0 Å². The molecule has 206 valence electrons. The van der Waals surface area contributed by atoms with E-state index in [4.69, 9.17) is 11.6 Å². The lowest BCUT2D eigenvalue weighted by Crippen LogP contribution is -2.42. The molecule has 1 amide bonds. The molecule has 2 aromatic heterocycles. The first-order valence-electron chi connectivity index (χ1n) is 13.1. The first-order chi connectivity index (χ1) is 18.0. The van der Waals surface area contributed by atoms with Crippen molar-refractivity contribution in [3.05, 3.63) is 63.7 Å². The fourth-order valence-electron chi connectivity index (χ4n) is 5.14. The number of halogens is 4. The first-order valence-corrected chi connectivity index (χ1v) is 13.5. The smallest absolute Gasteiger partial charge is 0.352 e. The van der Waals surface area contributed by atoms with Gasteiger partial charge in [0.15, 0.2) is 0 Å². The Bertz CT molecular complexity index is 1330. The minimum atomic E-state index is -4.13. The van der Waals surface area contributed by atoms with Gasteiger partial charge in [0.1, 0.15) is 12.1 Å². The third-order valence-corrected chi connectivity index (χ3v) is 7.19. The normalized spacial score (nSPS) is 16.9. The monoisotopic (exact) mass is 550 g/mol. The number of hydrogen-bond donors (Lipinski definition) is 1. The van der Waals surface area contributed by atoms with Crippen LogP contribution in [0, 0.1) is 5.92 Å². The molecule has 0 aliphatic carbocycles. The third-order valence-electron chi connectivity index (χ3n) is 6.95. The Morgan fingerprint density at radius 1 is 1.18 bits per heavy atom. The summed E-state index contributed by atoms with van der Waals surface area (Å²) in [5.74, 6) is -1.49. The number of carbonyl (C=O) groups is 1.